The highest BCUT2D eigenvalue weighted by Gasteiger charge is 2.19. The Hall–Kier alpha value is -1.33. The van der Waals surface area contributed by atoms with Crippen LogP contribution in [0.5, 0.6) is 0 Å². The summed E-state index contributed by atoms with van der Waals surface area (Å²) in [5.74, 6) is 0.798. The first kappa shape index (κ1) is 13.7. The third-order valence-corrected chi connectivity index (χ3v) is 2.53. The minimum absolute atomic E-state index is 0.476. The molecule has 1 unspecified atom stereocenters. The van der Waals surface area contributed by atoms with Crippen molar-refractivity contribution in [1.82, 2.24) is 4.98 Å². The topological polar surface area (TPSA) is 66.4 Å². The number of aromatic nitrogens is 1. The fraction of sp³-hybridized carbons (Fsp3) is 0.583. The second kappa shape index (κ2) is 6.42. The molecule has 0 saturated carbocycles. The van der Waals surface area contributed by atoms with Crippen molar-refractivity contribution in [3.05, 3.63) is 18.3 Å². The summed E-state index contributed by atoms with van der Waals surface area (Å²) >= 11 is 0. The maximum absolute atomic E-state index is 10.1. The van der Waals surface area contributed by atoms with Crippen molar-refractivity contribution < 1.29 is 9.84 Å². The van der Waals surface area contributed by atoms with E-state index < -0.39 is 5.60 Å². The fourth-order valence-electron chi connectivity index (χ4n) is 1.38. The largest absolute Gasteiger partial charge is 0.388 e. The van der Waals surface area contributed by atoms with Crippen LogP contribution in [0.1, 0.15) is 13.3 Å². The number of aliphatic hydroxyl groups is 1. The van der Waals surface area contributed by atoms with Gasteiger partial charge in [-0.1, -0.05) is 0 Å². The van der Waals surface area contributed by atoms with Crippen LogP contribution >= 0.6 is 0 Å². The average molecular weight is 239 g/mol. The summed E-state index contributed by atoms with van der Waals surface area (Å²) in [5, 5.41) is 16.2. The molecule has 1 aromatic heterocycles. The minimum atomic E-state index is -0.779. The molecular formula is C12H21N3O2. The maximum atomic E-state index is 10.1. The van der Waals surface area contributed by atoms with E-state index in [1.807, 2.05) is 19.2 Å². The molecule has 0 aliphatic rings. The van der Waals surface area contributed by atoms with Crippen molar-refractivity contribution in [2.45, 2.75) is 18.9 Å². The van der Waals surface area contributed by atoms with Gasteiger partial charge in [0.1, 0.15) is 5.82 Å². The molecule has 5 heteroatoms. The summed E-state index contributed by atoms with van der Waals surface area (Å²) in [6, 6.07) is 3.76. The highest BCUT2D eigenvalue weighted by molar-refractivity contribution is 5.51. The van der Waals surface area contributed by atoms with E-state index in [1.54, 1.807) is 20.2 Å². The van der Waals surface area contributed by atoms with Gasteiger partial charge in [-0.25, -0.2) is 4.98 Å². The molecule has 0 amide bonds. The zero-order valence-corrected chi connectivity index (χ0v) is 10.7. The SMILES string of the molecule is CNc1cc(NCC(C)(O)CCOC)ccn1. The Morgan fingerprint density at radius 1 is 1.53 bits per heavy atom. The maximum Gasteiger partial charge on any atom is 0.127 e. The van der Waals surface area contributed by atoms with E-state index in [-0.39, 0.29) is 0 Å². The van der Waals surface area contributed by atoms with Crippen LogP contribution < -0.4 is 10.6 Å². The number of hydrogen-bond donors (Lipinski definition) is 3. The third kappa shape index (κ3) is 5.01. The number of pyridine rings is 1. The van der Waals surface area contributed by atoms with E-state index in [2.05, 4.69) is 15.6 Å². The number of ether oxygens (including phenoxy) is 1. The molecule has 17 heavy (non-hydrogen) atoms. The van der Waals surface area contributed by atoms with Crippen LogP contribution in [0.25, 0.3) is 0 Å². The fourth-order valence-corrected chi connectivity index (χ4v) is 1.38. The van der Waals surface area contributed by atoms with Gasteiger partial charge in [-0.05, 0) is 13.0 Å². The van der Waals surface area contributed by atoms with Gasteiger partial charge < -0.3 is 20.5 Å². The van der Waals surface area contributed by atoms with Gasteiger partial charge >= 0.3 is 0 Å². The first-order valence-corrected chi connectivity index (χ1v) is 5.66. The molecule has 0 fully saturated rings. The summed E-state index contributed by atoms with van der Waals surface area (Å²) in [5.41, 5.74) is 0.154. The second-order valence-corrected chi connectivity index (χ2v) is 4.27. The molecule has 0 spiro atoms. The van der Waals surface area contributed by atoms with Crippen LogP contribution in [-0.4, -0.2) is 43.0 Å². The van der Waals surface area contributed by atoms with Crippen LogP contribution in [0.15, 0.2) is 18.3 Å². The standard InChI is InChI=1S/C12H21N3O2/c1-12(16,5-7-17-3)9-15-10-4-6-14-11(8-10)13-2/h4,6,8,16H,5,7,9H2,1-3H3,(H2,13,14,15). The van der Waals surface area contributed by atoms with Gasteiger partial charge in [0.2, 0.25) is 0 Å². The first-order chi connectivity index (χ1) is 8.07. The van der Waals surface area contributed by atoms with Gasteiger partial charge in [0.25, 0.3) is 0 Å². The molecule has 1 heterocycles. The normalized spacial score (nSPS) is 14.1. The molecule has 0 bridgehead atoms. The van der Waals surface area contributed by atoms with Gasteiger partial charge in [-0.15, -0.1) is 0 Å². The van der Waals surface area contributed by atoms with Crippen molar-refractivity contribution in [1.29, 1.82) is 0 Å². The van der Waals surface area contributed by atoms with Crippen molar-refractivity contribution in [2.75, 3.05) is 37.9 Å². The van der Waals surface area contributed by atoms with E-state index in [0.717, 1.165) is 11.5 Å². The average Bonchev–Trinajstić information content (AvgIpc) is 2.34. The molecule has 5 nitrogen and oxygen atoms in total. The zero-order chi connectivity index (χ0) is 12.7. The van der Waals surface area contributed by atoms with Crippen LogP contribution in [-0.2, 0) is 4.74 Å². The first-order valence-electron chi connectivity index (χ1n) is 5.66. The lowest BCUT2D eigenvalue weighted by Gasteiger charge is -2.23. The summed E-state index contributed by atoms with van der Waals surface area (Å²) in [6.07, 6.45) is 2.32. The Morgan fingerprint density at radius 3 is 2.94 bits per heavy atom. The summed E-state index contributed by atoms with van der Waals surface area (Å²) in [6.45, 7) is 2.81. The molecule has 0 aliphatic heterocycles. The quantitative estimate of drug-likeness (QED) is 0.669. The predicted octanol–water partition coefficient (Wildman–Crippen LogP) is 1.32. The van der Waals surface area contributed by atoms with E-state index >= 15 is 0 Å². The highest BCUT2D eigenvalue weighted by atomic mass is 16.5. The van der Waals surface area contributed by atoms with Gasteiger partial charge in [-0.2, -0.15) is 0 Å². The van der Waals surface area contributed by atoms with Crippen LogP contribution in [0.4, 0.5) is 11.5 Å². The lowest BCUT2D eigenvalue weighted by Crippen LogP contribution is -2.34. The molecule has 0 saturated heterocycles. The van der Waals surface area contributed by atoms with Crippen molar-refractivity contribution >= 4 is 11.5 Å². The van der Waals surface area contributed by atoms with Crippen LogP contribution in [0, 0.1) is 0 Å². The number of nitrogens with zero attached hydrogens (tertiary/aromatic N) is 1. The number of rotatable bonds is 7. The minimum Gasteiger partial charge on any atom is -0.388 e. The molecule has 1 atom stereocenters. The molecular weight excluding hydrogens is 218 g/mol. The van der Waals surface area contributed by atoms with Crippen molar-refractivity contribution in [3.8, 4) is 0 Å². The Kier molecular flexibility index (Phi) is 5.18. The van der Waals surface area contributed by atoms with Crippen molar-refractivity contribution in [2.24, 2.45) is 0 Å². The number of anilines is 2. The van der Waals surface area contributed by atoms with E-state index in [0.29, 0.717) is 19.6 Å². The Balaban J connectivity index is 2.48. The number of nitrogens with one attached hydrogen (secondary N) is 2. The third-order valence-electron chi connectivity index (χ3n) is 2.53. The Morgan fingerprint density at radius 2 is 2.29 bits per heavy atom. The van der Waals surface area contributed by atoms with Crippen LogP contribution in [0.2, 0.25) is 0 Å². The highest BCUT2D eigenvalue weighted by Crippen LogP contribution is 2.14. The van der Waals surface area contributed by atoms with Crippen molar-refractivity contribution in [3.63, 3.8) is 0 Å². The molecule has 0 radical (unpaired) electrons. The second-order valence-electron chi connectivity index (χ2n) is 4.27. The monoisotopic (exact) mass is 239 g/mol. The van der Waals surface area contributed by atoms with Gasteiger partial charge in [0.05, 0.1) is 5.60 Å². The van der Waals surface area contributed by atoms with Gasteiger partial charge in [-0.3, -0.25) is 0 Å². The lowest BCUT2D eigenvalue weighted by atomic mass is 10.0. The molecule has 0 aliphatic carbocycles. The molecule has 1 aromatic rings. The van der Waals surface area contributed by atoms with E-state index in [1.165, 1.54) is 0 Å². The smallest absolute Gasteiger partial charge is 0.127 e. The lowest BCUT2D eigenvalue weighted by molar-refractivity contribution is 0.0357. The number of methoxy groups -OCH3 is 1. The number of hydrogen-bond acceptors (Lipinski definition) is 5. The zero-order valence-electron chi connectivity index (χ0n) is 10.7. The summed E-state index contributed by atoms with van der Waals surface area (Å²) < 4.78 is 4.96. The van der Waals surface area contributed by atoms with Gasteiger partial charge in [0, 0.05) is 51.7 Å². The summed E-state index contributed by atoms with van der Waals surface area (Å²) in [7, 11) is 3.45. The Bertz CT molecular complexity index is 342. The molecule has 96 valence electrons. The molecule has 1 rings (SSSR count). The van der Waals surface area contributed by atoms with E-state index in [9.17, 15) is 5.11 Å². The summed E-state index contributed by atoms with van der Waals surface area (Å²) in [4.78, 5) is 4.12. The van der Waals surface area contributed by atoms with Gasteiger partial charge in [0.15, 0.2) is 0 Å². The van der Waals surface area contributed by atoms with E-state index in [4.69, 9.17) is 4.74 Å². The molecule has 0 aromatic carbocycles. The predicted molar refractivity (Wildman–Crippen MR) is 69.4 cm³/mol. The Labute approximate surface area is 102 Å². The molecule has 3 N–H and O–H groups in total. The van der Waals surface area contributed by atoms with Crippen LogP contribution in [0.3, 0.4) is 0 Å².